The second-order valence-corrected chi connectivity index (χ2v) is 5.22. The number of hydrogen-bond acceptors (Lipinski definition) is 2. The number of fused-ring (bicyclic) bond motifs is 1. The van der Waals surface area contributed by atoms with Crippen molar-refractivity contribution in [3.8, 4) is 0 Å². The van der Waals surface area contributed by atoms with E-state index in [1.54, 1.807) is 0 Å². The monoisotopic (exact) mass is 246 g/mol. The summed E-state index contributed by atoms with van der Waals surface area (Å²) in [6, 6.07) is 6.58. The van der Waals surface area contributed by atoms with Crippen molar-refractivity contribution in [2.24, 2.45) is 5.92 Å². The van der Waals surface area contributed by atoms with Crippen LogP contribution in [0.15, 0.2) is 18.2 Å². The molecule has 0 bridgehead atoms. The molecule has 2 rings (SSSR count). The predicted octanol–water partition coefficient (Wildman–Crippen LogP) is 2.36. The first-order chi connectivity index (χ1) is 8.66. The summed E-state index contributed by atoms with van der Waals surface area (Å²) in [5, 5.41) is 6.37. The minimum atomic E-state index is 0.0673. The van der Waals surface area contributed by atoms with Crippen molar-refractivity contribution < 1.29 is 4.79 Å². The average molecular weight is 246 g/mol. The molecule has 1 heterocycles. The van der Waals surface area contributed by atoms with Gasteiger partial charge in [-0.2, -0.15) is 0 Å². The largest absolute Gasteiger partial charge is 0.385 e. The number of benzene rings is 1. The number of anilines is 1. The summed E-state index contributed by atoms with van der Waals surface area (Å²) in [4.78, 5) is 11.4. The highest BCUT2D eigenvalue weighted by atomic mass is 16.1. The van der Waals surface area contributed by atoms with E-state index >= 15 is 0 Å². The quantitative estimate of drug-likeness (QED) is 0.856. The van der Waals surface area contributed by atoms with Crippen LogP contribution in [0.4, 0.5) is 5.69 Å². The van der Waals surface area contributed by atoms with Crippen LogP contribution in [0, 0.1) is 5.92 Å². The van der Waals surface area contributed by atoms with E-state index in [1.165, 1.54) is 23.2 Å². The van der Waals surface area contributed by atoms with Crippen molar-refractivity contribution in [1.82, 2.24) is 5.32 Å². The zero-order valence-corrected chi connectivity index (χ0v) is 11.3. The topological polar surface area (TPSA) is 41.1 Å². The zero-order valence-electron chi connectivity index (χ0n) is 11.3. The van der Waals surface area contributed by atoms with Gasteiger partial charge in [-0.1, -0.05) is 26.0 Å². The fraction of sp³-hybridized carbons (Fsp3) is 0.533. The van der Waals surface area contributed by atoms with E-state index in [4.69, 9.17) is 0 Å². The molecule has 0 fully saturated rings. The Hall–Kier alpha value is -1.51. The maximum Gasteiger partial charge on any atom is 0.222 e. The van der Waals surface area contributed by atoms with Gasteiger partial charge in [0.2, 0.25) is 5.91 Å². The van der Waals surface area contributed by atoms with Crippen LogP contribution < -0.4 is 10.6 Å². The van der Waals surface area contributed by atoms with Crippen molar-refractivity contribution >= 4 is 11.6 Å². The van der Waals surface area contributed by atoms with Crippen LogP contribution in [0.5, 0.6) is 0 Å². The first-order valence-corrected chi connectivity index (χ1v) is 6.80. The van der Waals surface area contributed by atoms with Gasteiger partial charge >= 0.3 is 0 Å². The van der Waals surface area contributed by atoms with Gasteiger partial charge in [-0.05, 0) is 36.5 Å². The second-order valence-electron chi connectivity index (χ2n) is 5.22. The number of amides is 1. The summed E-state index contributed by atoms with van der Waals surface area (Å²) in [6.07, 6.45) is 3.28. The second kappa shape index (κ2) is 5.89. The standard InChI is InChI=1S/C15H22N2O/c1-11(2)15(18)17-9-7-12-5-6-14-13(10-12)4-3-8-16-14/h5-6,10-11,16H,3-4,7-9H2,1-2H3,(H,17,18). The SMILES string of the molecule is CC(C)C(=O)NCCc1ccc2c(c1)CCCN2. The van der Waals surface area contributed by atoms with Crippen LogP contribution in [0.3, 0.4) is 0 Å². The molecule has 1 aliphatic heterocycles. The number of rotatable bonds is 4. The van der Waals surface area contributed by atoms with Crippen LogP contribution in [-0.4, -0.2) is 19.0 Å². The molecular weight excluding hydrogens is 224 g/mol. The molecule has 0 aromatic heterocycles. The molecule has 3 nitrogen and oxygen atoms in total. The van der Waals surface area contributed by atoms with Crippen molar-refractivity contribution in [2.75, 3.05) is 18.4 Å². The highest BCUT2D eigenvalue weighted by Crippen LogP contribution is 2.22. The molecule has 0 radical (unpaired) electrons. The van der Waals surface area contributed by atoms with Crippen LogP contribution >= 0.6 is 0 Å². The summed E-state index contributed by atoms with van der Waals surface area (Å²) < 4.78 is 0. The minimum absolute atomic E-state index is 0.0673. The van der Waals surface area contributed by atoms with E-state index in [9.17, 15) is 4.79 Å². The Morgan fingerprint density at radius 2 is 2.28 bits per heavy atom. The van der Waals surface area contributed by atoms with E-state index in [1.807, 2.05) is 13.8 Å². The molecule has 0 atom stereocenters. The first-order valence-electron chi connectivity index (χ1n) is 6.80. The van der Waals surface area contributed by atoms with Gasteiger partial charge in [0.05, 0.1) is 0 Å². The fourth-order valence-corrected chi connectivity index (χ4v) is 2.22. The van der Waals surface area contributed by atoms with Gasteiger partial charge in [-0.15, -0.1) is 0 Å². The number of nitrogens with one attached hydrogen (secondary N) is 2. The van der Waals surface area contributed by atoms with E-state index < -0.39 is 0 Å². The first kappa shape index (κ1) is 12.9. The molecule has 98 valence electrons. The van der Waals surface area contributed by atoms with Crippen LogP contribution in [0.2, 0.25) is 0 Å². The lowest BCUT2D eigenvalue weighted by Gasteiger charge is -2.18. The van der Waals surface area contributed by atoms with E-state index in [2.05, 4.69) is 28.8 Å². The predicted molar refractivity (Wildman–Crippen MR) is 74.8 cm³/mol. The lowest BCUT2D eigenvalue weighted by Crippen LogP contribution is -2.29. The molecule has 1 amide bonds. The Labute approximate surface area is 109 Å². The third-order valence-electron chi connectivity index (χ3n) is 3.35. The summed E-state index contributed by atoms with van der Waals surface area (Å²) in [5.74, 6) is 0.201. The van der Waals surface area contributed by atoms with Crippen LogP contribution in [0.1, 0.15) is 31.4 Å². The number of aryl methyl sites for hydroxylation is 1. The minimum Gasteiger partial charge on any atom is -0.385 e. The molecule has 0 saturated carbocycles. The van der Waals surface area contributed by atoms with E-state index in [-0.39, 0.29) is 11.8 Å². The van der Waals surface area contributed by atoms with Crippen molar-refractivity contribution in [2.45, 2.75) is 33.1 Å². The molecule has 0 spiro atoms. The summed E-state index contributed by atoms with van der Waals surface area (Å²) in [6.45, 7) is 5.64. The van der Waals surface area contributed by atoms with Gasteiger partial charge in [0.25, 0.3) is 0 Å². The molecule has 2 N–H and O–H groups in total. The molecule has 0 aliphatic carbocycles. The Morgan fingerprint density at radius 1 is 1.44 bits per heavy atom. The summed E-state index contributed by atoms with van der Waals surface area (Å²) >= 11 is 0. The lowest BCUT2D eigenvalue weighted by atomic mass is 9.99. The Bertz CT molecular complexity index is 427. The smallest absolute Gasteiger partial charge is 0.222 e. The molecule has 0 unspecified atom stereocenters. The number of hydrogen-bond donors (Lipinski definition) is 2. The fourth-order valence-electron chi connectivity index (χ4n) is 2.22. The molecule has 1 aromatic carbocycles. The lowest BCUT2D eigenvalue weighted by molar-refractivity contribution is -0.123. The summed E-state index contributed by atoms with van der Waals surface area (Å²) in [7, 11) is 0. The van der Waals surface area contributed by atoms with E-state index in [0.29, 0.717) is 0 Å². The normalized spacial score (nSPS) is 13.9. The Balaban J connectivity index is 1.88. The Morgan fingerprint density at radius 3 is 3.06 bits per heavy atom. The molecule has 18 heavy (non-hydrogen) atoms. The van der Waals surface area contributed by atoms with Gasteiger partial charge < -0.3 is 10.6 Å². The van der Waals surface area contributed by atoms with E-state index in [0.717, 1.165) is 25.9 Å². The third kappa shape index (κ3) is 3.25. The van der Waals surface area contributed by atoms with Gasteiger partial charge in [0.1, 0.15) is 0 Å². The number of carbonyl (C=O) groups excluding carboxylic acids is 1. The zero-order chi connectivity index (χ0) is 13.0. The third-order valence-corrected chi connectivity index (χ3v) is 3.35. The van der Waals surface area contributed by atoms with Crippen LogP contribution in [-0.2, 0) is 17.6 Å². The Kier molecular flexibility index (Phi) is 4.24. The van der Waals surface area contributed by atoms with Gasteiger partial charge in [0.15, 0.2) is 0 Å². The van der Waals surface area contributed by atoms with Crippen molar-refractivity contribution in [1.29, 1.82) is 0 Å². The summed E-state index contributed by atoms with van der Waals surface area (Å²) in [5.41, 5.74) is 3.99. The molecular formula is C15H22N2O. The van der Waals surface area contributed by atoms with Gasteiger partial charge in [-0.3, -0.25) is 4.79 Å². The van der Waals surface area contributed by atoms with Gasteiger partial charge in [-0.25, -0.2) is 0 Å². The maximum atomic E-state index is 11.4. The molecule has 3 heteroatoms. The van der Waals surface area contributed by atoms with Crippen LogP contribution in [0.25, 0.3) is 0 Å². The number of carbonyl (C=O) groups is 1. The average Bonchev–Trinajstić information content (AvgIpc) is 2.38. The molecule has 1 aliphatic rings. The highest BCUT2D eigenvalue weighted by molar-refractivity contribution is 5.77. The van der Waals surface area contributed by atoms with Crippen molar-refractivity contribution in [3.63, 3.8) is 0 Å². The molecule has 0 saturated heterocycles. The highest BCUT2D eigenvalue weighted by Gasteiger charge is 2.09. The van der Waals surface area contributed by atoms with Gasteiger partial charge in [0, 0.05) is 24.7 Å². The van der Waals surface area contributed by atoms with Crippen molar-refractivity contribution in [3.05, 3.63) is 29.3 Å². The maximum absolute atomic E-state index is 11.4. The molecule has 1 aromatic rings.